The Kier molecular flexibility index (Phi) is 6.77. The maximum atomic E-state index is 12.9. The van der Waals surface area contributed by atoms with E-state index < -0.39 is 16.1 Å². The molecule has 1 fully saturated rings. The Morgan fingerprint density at radius 2 is 1.56 bits per heavy atom. The van der Waals surface area contributed by atoms with Crippen molar-refractivity contribution in [2.45, 2.75) is 43.6 Å². The third-order valence-electron chi connectivity index (χ3n) is 5.73. The van der Waals surface area contributed by atoms with Crippen LogP contribution in [0.4, 0.5) is 5.69 Å². The number of hydrogen-bond donors (Lipinski definition) is 1. The maximum Gasteiger partial charge on any atom is 0.265 e. The summed E-state index contributed by atoms with van der Waals surface area (Å²) in [5.74, 6) is 0.312. The third-order valence-corrected chi connectivity index (χ3v) is 7.64. The summed E-state index contributed by atoms with van der Waals surface area (Å²) in [6.45, 7) is 2.80. The van der Waals surface area contributed by atoms with E-state index in [9.17, 15) is 13.2 Å². The highest BCUT2D eigenvalue weighted by Crippen LogP contribution is 2.23. The normalized spacial score (nSPS) is 16.3. The Hall–Kier alpha value is -2.90. The van der Waals surface area contributed by atoms with Crippen molar-refractivity contribution < 1.29 is 17.9 Å². The molecule has 0 spiro atoms. The average molecular weight is 453 g/mol. The zero-order valence-corrected chi connectivity index (χ0v) is 19.0. The summed E-state index contributed by atoms with van der Waals surface area (Å²) in [6.07, 6.45) is 3.20. The number of sulfonamides is 1. The summed E-state index contributed by atoms with van der Waals surface area (Å²) in [6, 6.07) is 20.0. The van der Waals surface area contributed by atoms with Crippen LogP contribution in [-0.4, -0.2) is 37.8 Å². The predicted octanol–water partition coefficient (Wildman–Crippen LogP) is 4.81. The van der Waals surface area contributed by atoms with Gasteiger partial charge in [-0.1, -0.05) is 43.2 Å². The minimum atomic E-state index is -3.51. The van der Waals surface area contributed by atoms with Crippen LogP contribution < -0.4 is 10.1 Å². The van der Waals surface area contributed by atoms with E-state index in [4.69, 9.17) is 4.74 Å². The molecule has 4 rings (SSSR count). The van der Waals surface area contributed by atoms with Crippen LogP contribution in [0.1, 0.15) is 32.6 Å². The quantitative estimate of drug-likeness (QED) is 0.582. The fraction of sp³-hybridized carbons (Fsp3) is 0.320. The van der Waals surface area contributed by atoms with E-state index in [-0.39, 0.29) is 10.8 Å². The molecule has 1 saturated heterocycles. The van der Waals surface area contributed by atoms with Crippen molar-refractivity contribution in [1.82, 2.24) is 4.31 Å². The highest BCUT2D eigenvalue weighted by atomic mass is 32.2. The Bertz CT molecular complexity index is 1180. The summed E-state index contributed by atoms with van der Waals surface area (Å²) < 4.78 is 33.2. The van der Waals surface area contributed by atoms with Gasteiger partial charge in [-0.05, 0) is 66.9 Å². The van der Waals surface area contributed by atoms with Crippen molar-refractivity contribution in [1.29, 1.82) is 0 Å². The van der Waals surface area contributed by atoms with Crippen LogP contribution in [0.5, 0.6) is 5.75 Å². The highest BCUT2D eigenvalue weighted by molar-refractivity contribution is 7.89. The third kappa shape index (κ3) is 5.11. The summed E-state index contributed by atoms with van der Waals surface area (Å²) >= 11 is 0. The highest BCUT2D eigenvalue weighted by Gasteiger charge is 2.25. The molecule has 32 heavy (non-hydrogen) atoms. The fourth-order valence-electron chi connectivity index (χ4n) is 3.88. The van der Waals surface area contributed by atoms with Gasteiger partial charge in [-0.3, -0.25) is 4.79 Å². The second kappa shape index (κ2) is 9.71. The molecule has 0 radical (unpaired) electrons. The molecule has 0 unspecified atom stereocenters. The van der Waals surface area contributed by atoms with Crippen LogP contribution in [0.2, 0.25) is 0 Å². The molecule has 0 aromatic heterocycles. The van der Waals surface area contributed by atoms with E-state index in [1.807, 2.05) is 42.5 Å². The van der Waals surface area contributed by atoms with Gasteiger partial charge >= 0.3 is 0 Å². The molecule has 0 saturated carbocycles. The van der Waals surface area contributed by atoms with E-state index in [0.717, 1.165) is 36.5 Å². The number of ether oxygens (including phenoxy) is 1. The van der Waals surface area contributed by atoms with Crippen LogP contribution >= 0.6 is 0 Å². The Morgan fingerprint density at radius 3 is 2.25 bits per heavy atom. The second-order valence-corrected chi connectivity index (χ2v) is 10.0. The van der Waals surface area contributed by atoms with E-state index in [2.05, 4.69) is 5.32 Å². The lowest BCUT2D eigenvalue weighted by molar-refractivity contribution is -0.122. The van der Waals surface area contributed by atoms with Crippen molar-refractivity contribution in [3.05, 3.63) is 66.7 Å². The van der Waals surface area contributed by atoms with Gasteiger partial charge in [0.1, 0.15) is 5.75 Å². The number of carbonyl (C=O) groups is 1. The van der Waals surface area contributed by atoms with E-state index in [1.54, 1.807) is 35.5 Å². The zero-order valence-electron chi connectivity index (χ0n) is 18.2. The van der Waals surface area contributed by atoms with Crippen LogP contribution in [0.3, 0.4) is 0 Å². The monoisotopic (exact) mass is 452 g/mol. The van der Waals surface area contributed by atoms with Gasteiger partial charge < -0.3 is 10.1 Å². The second-order valence-electron chi connectivity index (χ2n) is 8.10. The summed E-state index contributed by atoms with van der Waals surface area (Å²) in [7, 11) is -3.51. The number of amides is 1. The number of nitrogens with zero attached hydrogens (tertiary/aromatic N) is 1. The first-order valence-corrected chi connectivity index (χ1v) is 12.4. The molecule has 0 bridgehead atoms. The molecule has 1 aliphatic heterocycles. The van der Waals surface area contributed by atoms with Crippen molar-refractivity contribution in [3.63, 3.8) is 0 Å². The smallest absolute Gasteiger partial charge is 0.265 e. The lowest BCUT2D eigenvalue weighted by Gasteiger charge is -2.20. The molecule has 1 atom stereocenters. The first kappa shape index (κ1) is 22.3. The van der Waals surface area contributed by atoms with Crippen LogP contribution in [0.25, 0.3) is 10.8 Å². The number of carbonyl (C=O) groups excluding carboxylic acids is 1. The topological polar surface area (TPSA) is 75.7 Å². The van der Waals surface area contributed by atoms with Gasteiger partial charge in [0, 0.05) is 18.8 Å². The van der Waals surface area contributed by atoms with Crippen LogP contribution in [-0.2, 0) is 14.8 Å². The van der Waals surface area contributed by atoms with Crippen molar-refractivity contribution in [2.75, 3.05) is 18.4 Å². The van der Waals surface area contributed by atoms with Gasteiger partial charge in [-0.25, -0.2) is 8.42 Å². The lowest BCUT2D eigenvalue weighted by atomic mass is 10.1. The molecule has 1 N–H and O–H groups in total. The fourth-order valence-corrected chi connectivity index (χ4v) is 5.40. The largest absolute Gasteiger partial charge is 0.481 e. The van der Waals surface area contributed by atoms with Crippen LogP contribution in [0, 0.1) is 0 Å². The van der Waals surface area contributed by atoms with E-state index >= 15 is 0 Å². The Balaban J connectivity index is 1.39. The molecule has 0 aliphatic carbocycles. The van der Waals surface area contributed by atoms with Crippen LogP contribution in [0.15, 0.2) is 71.6 Å². The SMILES string of the molecule is C[C@@H](Oc1ccc2ccccc2c1)C(=O)Nc1ccc(S(=O)(=O)N2CCCCCC2)cc1. The molecule has 168 valence electrons. The van der Waals surface area contributed by atoms with Gasteiger partial charge in [0.25, 0.3) is 5.91 Å². The summed E-state index contributed by atoms with van der Waals surface area (Å²) in [5.41, 5.74) is 0.527. The van der Waals surface area contributed by atoms with Gasteiger partial charge in [0.05, 0.1) is 4.90 Å². The number of rotatable bonds is 6. The molecule has 7 heteroatoms. The number of fused-ring (bicyclic) bond motifs is 1. The van der Waals surface area contributed by atoms with E-state index in [1.165, 1.54) is 0 Å². The van der Waals surface area contributed by atoms with Gasteiger partial charge in [-0.2, -0.15) is 4.31 Å². The molecule has 3 aromatic carbocycles. The molecule has 6 nitrogen and oxygen atoms in total. The molecular weight excluding hydrogens is 424 g/mol. The van der Waals surface area contributed by atoms with Crippen molar-refractivity contribution in [2.24, 2.45) is 0 Å². The predicted molar refractivity (Wildman–Crippen MR) is 126 cm³/mol. The number of benzene rings is 3. The standard InChI is InChI=1S/C25H28N2O4S/c1-19(31-23-13-10-20-8-4-5-9-21(20)18-23)25(28)26-22-11-14-24(15-12-22)32(29,30)27-16-6-2-3-7-17-27/h4-5,8-15,18-19H,2-3,6-7,16-17H2,1H3,(H,26,28)/t19-/m1/s1. The maximum absolute atomic E-state index is 12.9. The van der Waals surface area contributed by atoms with Crippen molar-refractivity contribution in [3.8, 4) is 5.75 Å². The molecule has 1 amide bonds. The van der Waals surface area contributed by atoms with Gasteiger partial charge in [0.2, 0.25) is 10.0 Å². The average Bonchev–Trinajstić information content (AvgIpc) is 3.09. The minimum absolute atomic E-state index is 0.248. The summed E-state index contributed by atoms with van der Waals surface area (Å²) in [4.78, 5) is 12.8. The number of nitrogens with one attached hydrogen (secondary N) is 1. The minimum Gasteiger partial charge on any atom is -0.481 e. The summed E-state index contributed by atoms with van der Waals surface area (Å²) in [5, 5.41) is 4.94. The molecule has 1 heterocycles. The lowest BCUT2D eigenvalue weighted by Crippen LogP contribution is -2.32. The molecule has 1 aliphatic rings. The molecule has 3 aromatic rings. The Morgan fingerprint density at radius 1 is 0.906 bits per heavy atom. The zero-order chi connectivity index (χ0) is 22.6. The number of hydrogen-bond acceptors (Lipinski definition) is 4. The van der Waals surface area contributed by atoms with E-state index in [0.29, 0.717) is 24.5 Å². The van der Waals surface area contributed by atoms with Gasteiger partial charge in [-0.15, -0.1) is 0 Å². The first-order valence-electron chi connectivity index (χ1n) is 11.0. The molecular formula is C25H28N2O4S. The van der Waals surface area contributed by atoms with Gasteiger partial charge in [0.15, 0.2) is 6.10 Å². The van der Waals surface area contributed by atoms with Crippen molar-refractivity contribution >= 4 is 32.4 Å². The Labute approximate surface area is 189 Å². The number of anilines is 1. The first-order chi connectivity index (χ1) is 15.4.